The van der Waals surface area contributed by atoms with Gasteiger partial charge in [-0.3, -0.25) is 14.4 Å². The van der Waals surface area contributed by atoms with Gasteiger partial charge in [-0.05, 0) is 37.7 Å². The summed E-state index contributed by atoms with van der Waals surface area (Å²) in [6.45, 7) is 12.9. The molecule has 0 aromatic rings. The van der Waals surface area contributed by atoms with Gasteiger partial charge in [0.25, 0.3) is 0 Å². The number of hydrogen-bond acceptors (Lipinski definition) is 17. The molecule has 3 fully saturated rings. The Hall–Kier alpha value is -3.71. The lowest BCUT2D eigenvalue weighted by Crippen LogP contribution is -2.62. The second-order valence-corrected chi connectivity index (χ2v) is 18.3. The number of carbonyl (C=O) groups excluding carboxylic acids is 5. The molecule has 0 unspecified atom stereocenters. The first-order valence-corrected chi connectivity index (χ1v) is 20.9. The number of esters is 5. The van der Waals surface area contributed by atoms with E-state index in [-0.39, 0.29) is 62.9 Å². The maximum Gasteiger partial charge on any atom is 0.330 e. The molecule has 4 N–H and O–H groups in total. The molecule has 3 saturated heterocycles. The zero-order valence-corrected chi connectivity index (χ0v) is 37.0. The van der Waals surface area contributed by atoms with E-state index in [0.29, 0.717) is 5.57 Å². The SMILES string of the molecule is COC(=O)/C=C1\C[C@H]2C[C@]3(O)O[C@H](C[C@@H](O)CC(=O)O[C@@H]([C@@H](C)O)C[C@@H]4C/C(=C\C(=O)OC)[C@H](OC(C)=O)[C@@](O)(O4)C(C)(C)/C=C/[C@@H](C1)O2)C[C@H](OC(=O)CC(C)C)C3(C)C. The molecule has 4 rings (SSSR count). The molecule has 344 valence electrons. The van der Waals surface area contributed by atoms with Crippen molar-refractivity contribution >= 4 is 29.8 Å². The second kappa shape index (κ2) is 20.2. The fourth-order valence-electron chi connectivity index (χ4n) is 8.45. The zero-order valence-electron chi connectivity index (χ0n) is 37.0. The Morgan fingerprint density at radius 3 is 2.13 bits per heavy atom. The summed E-state index contributed by atoms with van der Waals surface area (Å²) in [5.41, 5.74) is -1.98. The first-order valence-electron chi connectivity index (χ1n) is 20.9. The van der Waals surface area contributed by atoms with E-state index in [1.807, 2.05) is 13.8 Å². The molecule has 0 aromatic heterocycles. The Balaban J connectivity index is 1.87. The van der Waals surface area contributed by atoms with Crippen molar-refractivity contribution in [2.75, 3.05) is 14.2 Å². The summed E-state index contributed by atoms with van der Waals surface area (Å²) in [7, 11) is 2.40. The van der Waals surface area contributed by atoms with E-state index >= 15 is 0 Å². The van der Waals surface area contributed by atoms with Crippen LogP contribution in [0.4, 0.5) is 0 Å². The highest BCUT2D eigenvalue weighted by atomic mass is 16.7. The van der Waals surface area contributed by atoms with Crippen LogP contribution in [0.3, 0.4) is 0 Å². The normalized spacial score (nSPS) is 36.8. The van der Waals surface area contributed by atoms with Crippen molar-refractivity contribution in [2.24, 2.45) is 16.7 Å². The van der Waals surface area contributed by atoms with Gasteiger partial charge in [-0.1, -0.05) is 59.3 Å². The van der Waals surface area contributed by atoms with Crippen molar-refractivity contribution in [1.29, 1.82) is 0 Å². The van der Waals surface area contributed by atoms with Crippen molar-refractivity contribution in [3.63, 3.8) is 0 Å². The molecule has 0 radical (unpaired) electrons. The molecule has 11 atom stereocenters. The molecule has 4 aliphatic heterocycles. The van der Waals surface area contributed by atoms with E-state index in [2.05, 4.69) is 0 Å². The van der Waals surface area contributed by atoms with Gasteiger partial charge in [-0.15, -0.1) is 0 Å². The van der Waals surface area contributed by atoms with Crippen LogP contribution in [0.25, 0.3) is 0 Å². The fourth-order valence-corrected chi connectivity index (χ4v) is 8.45. The molecular weight excluding hydrogens is 800 g/mol. The highest BCUT2D eigenvalue weighted by Gasteiger charge is 2.59. The predicted octanol–water partition coefficient (Wildman–Crippen LogP) is 3.41. The number of rotatable bonds is 7. The highest BCUT2D eigenvalue weighted by Crippen LogP contribution is 2.50. The molecule has 4 aliphatic rings. The third kappa shape index (κ3) is 12.5. The highest BCUT2D eigenvalue weighted by molar-refractivity contribution is 5.83. The zero-order chi connectivity index (χ0) is 45.7. The molecule has 0 aromatic carbocycles. The lowest BCUT2D eigenvalue weighted by atomic mass is 9.70. The summed E-state index contributed by atoms with van der Waals surface area (Å²) < 4.78 is 46.5. The standard InChI is InChI=1S/C44H66O17/c1-24(2)13-38(50)59-35-22-32-19-29(47)20-39(51)58-34(25(3)45)21-31-17-28(18-37(49)55-10)40(56-26(4)46)44(53,61-31)41(5,6)12-11-30-14-27(16-36(48)54-9)15-33(57-30)23-43(52,60-32)42(35,7)8/h11-12,16,18,24-25,29-35,40,45,47,52-53H,13-15,17,19-23H2,1-10H3/b12-11+,27-16-,28-18+/t25-,29-,30+,31+,32-,33+,34-,35+,40+,43+,44-/m1/s1. The third-order valence-electron chi connectivity index (χ3n) is 12.0. The number of aliphatic hydroxyl groups excluding tert-OH is 2. The molecule has 0 amide bonds. The number of carbonyl (C=O) groups is 5. The van der Waals surface area contributed by atoms with E-state index in [1.54, 1.807) is 39.8 Å². The molecular formula is C44H66O17. The summed E-state index contributed by atoms with van der Waals surface area (Å²) in [4.78, 5) is 64.3. The maximum absolute atomic E-state index is 13.4. The van der Waals surface area contributed by atoms with Gasteiger partial charge in [-0.2, -0.15) is 0 Å². The molecule has 6 bridgehead atoms. The van der Waals surface area contributed by atoms with Crippen molar-refractivity contribution in [3.8, 4) is 0 Å². The molecule has 4 heterocycles. The summed E-state index contributed by atoms with van der Waals surface area (Å²) in [6.07, 6.45) is -4.92. The van der Waals surface area contributed by atoms with Crippen molar-refractivity contribution < 1.29 is 82.3 Å². The average molecular weight is 867 g/mol. The van der Waals surface area contributed by atoms with Gasteiger partial charge in [0.1, 0.15) is 12.2 Å². The Bertz CT molecular complexity index is 1700. The summed E-state index contributed by atoms with van der Waals surface area (Å²) in [5.74, 6) is -8.04. The van der Waals surface area contributed by atoms with Crippen LogP contribution in [-0.2, 0) is 61.9 Å². The van der Waals surface area contributed by atoms with Crippen LogP contribution in [0, 0.1) is 16.7 Å². The van der Waals surface area contributed by atoms with Gasteiger partial charge in [0.2, 0.25) is 5.79 Å². The first-order chi connectivity index (χ1) is 28.3. The van der Waals surface area contributed by atoms with Crippen molar-refractivity contribution in [3.05, 3.63) is 35.5 Å². The first kappa shape index (κ1) is 49.9. The van der Waals surface area contributed by atoms with Gasteiger partial charge in [0.15, 0.2) is 11.9 Å². The monoisotopic (exact) mass is 866 g/mol. The number of methoxy groups -OCH3 is 2. The lowest BCUT2D eigenvalue weighted by molar-refractivity contribution is -0.349. The van der Waals surface area contributed by atoms with Crippen molar-refractivity contribution in [2.45, 2.75) is 180 Å². The quantitative estimate of drug-likeness (QED) is 0.124. The summed E-state index contributed by atoms with van der Waals surface area (Å²) >= 11 is 0. The van der Waals surface area contributed by atoms with Crippen LogP contribution in [0.1, 0.15) is 113 Å². The minimum Gasteiger partial charge on any atom is -0.466 e. The lowest BCUT2D eigenvalue weighted by Gasteiger charge is -2.54. The van der Waals surface area contributed by atoms with E-state index in [1.165, 1.54) is 20.1 Å². The number of fused-ring (bicyclic) bond motifs is 6. The van der Waals surface area contributed by atoms with E-state index in [0.717, 1.165) is 20.1 Å². The van der Waals surface area contributed by atoms with Crippen LogP contribution >= 0.6 is 0 Å². The second-order valence-electron chi connectivity index (χ2n) is 18.3. The van der Waals surface area contributed by atoms with Crippen LogP contribution in [0.15, 0.2) is 35.5 Å². The maximum atomic E-state index is 13.4. The molecule has 0 spiro atoms. The minimum atomic E-state index is -2.41. The molecule has 0 saturated carbocycles. The molecule has 17 heteroatoms. The topological polar surface area (TPSA) is 240 Å². The van der Waals surface area contributed by atoms with Crippen LogP contribution in [0.2, 0.25) is 0 Å². The predicted molar refractivity (Wildman–Crippen MR) is 215 cm³/mol. The third-order valence-corrected chi connectivity index (χ3v) is 12.0. The molecule has 61 heavy (non-hydrogen) atoms. The largest absolute Gasteiger partial charge is 0.466 e. The van der Waals surface area contributed by atoms with Crippen LogP contribution in [-0.4, -0.2) is 131 Å². The fraction of sp³-hybridized carbons (Fsp3) is 0.750. The summed E-state index contributed by atoms with van der Waals surface area (Å²) in [5, 5.41) is 47.4. The Kier molecular flexibility index (Phi) is 16.5. The van der Waals surface area contributed by atoms with Crippen LogP contribution in [0.5, 0.6) is 0 Å². The number of aliphatic hydroxyl groups is 4. The van der Waals surface area contributed by atoms with E-state index < -0.39 is 114 Å². The van der Waals surface area contributed by atoms with Gasteiger partial charge in [-0.25, -0.2) is 9.59 Å². The van der Waals surface area contributed by atoms with Crippen LogP contribution < -0.4 is 0 Å². The van der Waals surface area contributed by atoms with E-state index in [9.17, 15) is 44.4 Å². The number of cyclic esters (lactones) is 1. The van der Waals surface area contributed by atoms with E-state index in [4.69, 9.17) is 37.9 Å². The summed E-state index contributed by atoms with van der Waals surface area (Å²) in [6, 6.07) is 0. The smallest absolute Gasteiger partial charge is 0.330 e. The Morgan fingerprint density at radius 1 is 0.869 bits per heavy atom. The van der Waals surface area contributed by atoms with Gasteiger partial charge < -0.3 is 58.3 Å². The van der Waals surface area contributed by atoms with Crippen molar-refractivity contribution in [1.82, 2.24) is 0 Å². The number of hydrogen-bond donors (Lipinski definition) is 4. The Labute approximate surface area is 357 Å². The molecule has 0 aliphatic carbocycles. The van der Waals surface area contributed by atoms with Gasteiger partial charge in [0.05, 0.1) is 62.7 Å². The average Bonchev–Trinajstić information content (AvgIpc) is 3.13. The Morgan fingerprint density at radius 2 is 1.52 bits per heavy atom. The molecule has 17 nitrogen and oxygen atoms in total. The van der Waals surface area contributed by atoms with Gasteiger partial charge >= 0.3 is 29.8 Å². The van der Waals surface area contributed by atoms with Gasteiger partial charge in [0, 0.05) is 56.6 Å². The number of ether oxygens (including phenoxy) is 8. The minimum absolute atomic E-state index is 0.00726.